The number of rotatable bonds is 7. The molecule has 1 aliphatic heterocycles. The summed E-state index contributed by atoms with van der Waals surface area (Å²) in [4.78, 5) is 2.17. The predicted octanol–water partition coefficient (Wildman–Crippen LogP) is 1.05. The summed E-state index contributed by atoms with van der Waals surface area (Å²) in [5.41, 5.74) is 0. The molecule has 1 aliphatic rings. The molecule has 0 amide bonds. The van der Waals surface area contributed by atoms with E-state index < -0.39 is 15.9 Å². The fourth-order valence-electron chi connectivity index (χ4n) is 2.33. The number of aliphatic hydroxyl groups excluding tert-OH is 1. The maximum absolute atomic E-state index is 11.5. The topological polar surface area (TPSA) is 57.6 Å². The molecule has 0 saturated carbocycles. The molecule has 4 nitrogen and oxygen atoms in total. The third-order valence-corrected chi connectivity index (χ3v) is 5.06. The average Bonchev–Trinajstić information content (AvgIpc) is 2.53. The van der Waals surface area contributed by atoms with Crippen LogP contribution in [-0.4, -0.2) is 55.2 Å². The largest absolute Gasteiger partial charge is 0.390 e. The Kier molecular flexibility index (Phi) is 5.89. The highest BCUT2D eigenvalue weighted by molar-refractivity contribution is 7.91. The lowest BCUT2D eigenvalue weighted by atomic mass is 10.1. The zero-order valence-corrected chi connectivity index (χ0v) is 11.7. The molecule has 1 rings (SSSR count). The van der Waals surface area contributed by atoms with Crippen molar-refractivity contribution in [1.82, 2.24) is 4.90 Å². The van der Waals surface area contributed by atoms with Crippen LogP contribution in [0.3, 0.4) is 0 Å². The lowest BCUT2D eigenvalue weighted by Gasteiger charge is -2.29. The van der Waals surface area contributed by atoms with Crippen LogP contribution in [0.4, 0.5) is 0 Å². The predicted molar refractivity (Wildman–Crippen MR) is 69.8 cm³/mol. The smallest absolute Gasteiger partial charge is 0.154 e. The Bertz CT molecular complexity index is 308. The van der Waals surface area contributed by atoms with Crippen molar-refractivity contribution in [2.45, 2.75) is 51.7 Å². The second-order valence-electron chi connectivity index (χ2n) is 4.95. The van der Waals surface area contributed by atoms with Gasteiger partial charge < -0.3 is 5.11 Å². The Morgan fingerprint density at radius 1 is 1.12 bits per heavy atom. The van der Waals surface area contributed by atoms with Crippen LogP contribution in [0.15, 0.2) is 0 Å². The Morgan fingerprint density at radius 3 is 2.00 bits per heavy atom. The van der Waals surface area contributed by atoms with Gasteiger partial charge in [0.1, 0.15) is 0 Å². The summed E-state index contributed by atoms with van der Waals surface area (Å²) in [6.07, 6.45) is 3.62. The van der Waals surface area contributed by atoms with Gasteiger partial charge in [0.25, 0.3) is 0 Å². The van der Waals surface area contributed by atoms with E-state index in [0.717, 1.165) is 38.8 Å². The Balaban J connectivity index is 2.62. The van der Waals surface area contributed by atoms with Crippen LogP contribution >= 0.6 is 0 Å². The highest BCUT2D eigenvalue weighted by Crippen LogP contribution is 2.19. The molecule has 1 N–H and O–H groups in total. The standard InChI is InChI=1S/C12H25NO3S/c1-3-5-7-13(8-6-4-2)11-9-17(15,16)10-12(11)14/h11-12,14H,3-10H2,1-2H3/t11-,12-/m1/s1. The summed E-state index contributed by atoms with van der Waals surface area (Å²) in [6.45, 7) is 6.04. The molecule has 0 spiro atoms. The molecule has 1 fully saturated rings. The fourth-order valence-corrected chi connectivity index (χ4v) is 4.16. The maximum Gasteiger partial charge on any atom is 0.154 e. The van der Waals surface area contributed by atoms with E-state index in [1.54, 1.807) is 0 Å². The highest BCUT2D eigenvalue weighted by Gasteiger charge is 2.39. The van der Waals surface area contributed by atoms with Gasteiger partial charge in [0, 0.05) is 0 Å². The van der Waals surface area contributed by atoms with Gasteiger partial charge in [0.2, 0.25) is 0 Å². The summed E-state index contributed by atoms with van der Waals surface area (Å²) in [5, 5.41) is 9.87. The van der Waals surface area contributed by atoms with Gasteiger partial charge >= 0.3 is 0 Å². The first-order chi connectivity index (χ1) is 8.00. The van der Waals surface area contributed by atoms with E-state index in [0.29, 0.717) is 0 Å². The molecule has 0 aliphatic carbocycles. The zero-order chi connectivity index (χ0) is 12.9. The molecule has 0 aromatic heterocycles. The Labute approximate surface area is 105 Å². The lowest BCUT2D eigenvalue weighted by molar-refractivity contribution is 0.0810. The van der Waals surface area contributed by atoms with E-state index in [4.69, 9.17) is 0 Å². The van der Waals surface area contributed by atoms with E-state index in [9.17, 15) is 13.5 Å². The van der Waals surface area contributed by atoms with Crippen LogP contribution in [-0.2, 0) is 9.84 Å². The third-order valence-electron chi connectivity index (χ3n) is 3.36. The lowest BCUT2D eigenvalue weighted by Crippen LogP contribution is -2.44. The van der Waals surface area contributed by atoms with Crippen LogP contribution in [0.5, 0.6) is 0 Å². The number of hydrogen-bond acceptors (Lipinski definition) is 4. The molecule has 1 saturated heterocycles. The van der Waals surface area contributed by atoms with Gasteiger partial charge in [-0.25, -0.2) is 8.42 Å². The van der Waals surface area contributed by atoms with E-state index in [1.807, 2.05) is 0 Å². The van der Waals surface area contributed by atoms with Gasteiger partial charge in [-0.2, -0.15) is 0 Å². The minimum absolute atomic E-state index is 0.0631. The van der Waals surface area contributed by atoms with E-state index in [1.165, 1.54) is 0 Å². The molecule has 102 valence electrons. The number of sulfone groups is 1. The SMILES string of the molecule is CCCCN(CCCC)[C@@H]1CS(=O)(=O)C[C@H]1O. The minimum Gasteiger partial charge on any atom is -0.390 e. The average molecular weight is 263 g/mol. The molecule has 0 radical (unpaired) electrons. The second-order valence-corrected chi connectivity index (χ2v) is 7.11. The van der Waals surface area contributed by atoms with Crippen molar-refractivity contribution in [1.29, 1.82) is 0 Å². The summed E-state index contributed by atoms with van der Waals surface area (Å²) in [6, 6.07) is -0.182. The van der Waals surface area contributed by atoms with Gasteiger partial charge in [0.15, 0.2) is 9.84 Å². The summed E-state index contributed by atoms with van der Waals surface area (Å²) in [7, 11) is -3.03. The summed E-state index contributed by atoms with van der Waals surface area (Å²) < 4.78 is 23.0. The molecule has 2 atom stereocenters. The van der Waals surface area contributed by atoms with Gasteiger partial charge in [-0.1, -0.05) is 26.7 Å². The van der Waals surface area contributed by atoms with Crippen LogP contribution in [0.2, 0.25) is 0 Å². The quantitative estimate of drug-likeness (QED) is 0.746. The van der Waals surface area contributed by atoms with E-state index in [2.05, 4.69) is 18.7 Å². The molecule has 0 bridgehead atoms. The van der Waals surface area contributed by atoms with Crippen molar-refractivity contribution in [3.8, 4) is 0 Å². The van der Waals surface area contributed by atoms with E-state index in [-0.39, 0.29) is 17.5 Å². The molecule has 17 heavy (non-hydrogen) atoms. The molecular formula is C12H25NO3S. The summed E-state index contributed by atoms with van der Waals surface area (Å²) in [5.74, 6) is 0.0635. The minimum atomic E-state index is -3.03. The van der Waals surface area contributed by atoms with Gasteiger partial charge in [-0.05, 0) is 25.9 Å². The van der Waals surface area contributed by atoms with Crippen LogP contribution in [0.1, 0.15) is 39.5 Å². The van der Waals surface area contributed by atoms with Crippen molar-refractivity contribution < 1.29 is 13.5 Å². The molecule has 5 heteroatoms. The third kappa shape index (κ3) is 4.56. The molecule has 1 heterocycles. The van der Waals surface area contributed by atoms with Gasteiger partial charge in [-0.15, -0.1) is 0 Å². The second kappa shape index (κ2) is 6.71. The number of aliphatic hydroxyl groups is 1. The first-order valence-electron chi connectivity index (χ1n) is 6.62. The molecular weight excluding hydrogens is 238 g/mol. The Morgan fingerprint density at radius 2 is 1.65 bits per heavy atom. The monoisotopic (exact) mass is 263 g/mol. The van der Waals surface area contributed by atoms with Crippen LogP contribution in [0, 0.1) is 0 Å². The zero-order valence-electron chi connectivity index (χ0n) is 10.9. The number of unbranched alkanes of at least 4 members (excludes halogenated alkanes) is 2. The fraction of sp³-hybridized carbons (Fsp3) is 1.00. The Hall–Kier alpha value is -0.130. The number of nitrogens with zero attached hydrogens (tertiary/aromatic N) is 1. The van der Waals surface area contributed by atoms with E-state index >= 15 is 0 Å². The van der Waals surface area contributed by atoms with Gasteiger partial charge in [-0.3, -0.25) is 4.90 Å². The van der Waals surface area contributed by atoms with Crippen molar-refractivity contribution in [3.05, 3.63) is 0 Å². The van der Waals surface area contributed by atoms with Crippen LogP contribution in [0.25, 0.3) is 0 Å². The summed E-state index contributed by atoms with van der Waals surface area (Å²) >= 11 is 0. The molecule has 0 aromatic rings. The normalized spacial score (nSPS) is 27.8. The van der Waals surface area contributed by atoms with Crippen molar-refractivity contribution in [2.75, 3.05) is 24.6 Å². The first-order valence-corrected chi connectivity index (χ1v) is 8.44. The number of hydrogen-bond donors (Lipinski definition) is 1. The van der Waals surface area contributed by atoms with Crippen LogP contribution < -0.4 is 0 Å². The first kappa shape index (κ1) is 14.9. The van der Waals surface area contributed by atoms with Gasteiger partial charge in [0.05, 0.1) is 23.7 Å². The molecule has 0 unspecified atom stereocenters. The van der Waals surface area contributed by atoms with Crippen molar-refractivity contribution in [3.63, 3.8) is 0 Å². The molecule has 0 aromatic carbocycles. The van der Waals surface area contributed by atoms with Crippen molar-refractivity contribution in [2.24, 2.45) is 0 Å². The maximum atomic E-state index is 11.5. The van der Waals surface area contributed by atoms with Crippen molar-refractivity contribution >= 4 is 9.84 Å². The highest BCUT2D eigenvalue weighted by atomic mass is 32.2.